The van der Waals surface area contributed by atoms with E-state index in [9.17, 15) is 4.79 Å². The van der Waals surface area contributed by atoms with E-state index in [0.717, 1.165) is 61.4 Å². The maximum Gasteiger partial charge on any atom is 0.227 e. The maximum atomic E-state index is 12.8. The van der Waals surface area contributed by atoms with Gasteiger partial charge in [0.2, 0.25) is 5.91 Å². The van der Waals surface area contributed by atoms with Crippen molar-refractivity contribution in [1.29, 1.82) is 0 Å². The van der Waals surface area contributed by atoms with Crippen molar-refractivity contribution in [1.82, 2.24) is 9.88 Å². The number of carbonyl (C=O) groups excluding carboxylic acids is 1. The Hall–Kier alpha value is -1.59. The molecule has 2 aliphatic rings. The van der Waals surface area contributed by atoms with Gasteiger partial charge in [-0.1, -0.05) is 18.2 Å². The topological polar surface area (TPSA) is 42.4 Å². The van der Waals surface area contributed by atoms with Gasteiger partial charge in [-0.05, 0) is 30.5 Å². The highest BCUT2D eigenvalue weighted by atomic mass is 32.2. The Morgan fingerprint density at radius 1 is 1.29 bits per heavy atom. The lowest BCUT2D eigenvalue weighted by atomic mass is 9.97. The van der Waals surface area contributed by atoms with Gasteiger partial charge in [-0.2, -0.15) is 11.8 Å². The van der Waals surface area contributed by atoms with Crippen molar-refractivity contribution < 1.29 is 9.53 Å². The lowest BCUT2D eigenvalue weighted by Crippen LogP contribution is -2.51. The molecule has 2 aromatic rings. The van der Waals surface area contributed by atoms with Gasteiger partial charge in [0.05, 0.1) is 11.9 Å². The van der Waals surface area contributed by atoms with Gasteiger partial charge in [0, 0.05) is 48.4 Å². The number of thioether (sulfide) groups is 1. The van der Waals surface area contributed by atoms with Crippen molar-refractivity contribution in [2.45, 2.75) is 24.0 Å². The number of pyridine rings is 1. The van der Waals surface area contributed by atoms with Crippen molar-refractivity contribution in [3.63, 3.8) is 0 Å². The van der Waals surface area contributed by atoms with Crippen LogP contribution in [-0.2, 0) is 16.0 Å². The zero-order valence-corrected chi connectivity index (χ0v) is 14.6. The molecule has 0 unspecified atom stereocenters. The number of para-hydroxylation sites is 1. The molecule has 2 fully saturated rings. The second-order valence-corrected chi connectivity index (χ2v) is 8.24. The molecule has 3 heterocycles. The minimum atomic E-state index is 0.216. The van der Waals surface area contributed by atoms with Crippen molar-refractivity contribution >= 4 is 28.6 Å². The third-order valence-electron chi connectivity index (χ3n) is 5.01. The van der Waals surface area contributed by atoms with Crippen LogP contribution in [0.1, 0.15) is 18.4 Å². The largest absolute Gasteiger partial charge is 0.381 e. The Balaban J connectivity index is 1.46. The fourth-order valence-electron chi connectivity index (χ4n) is 3.60. The summed E-state index contributed by atoms with van der Waals surface area (Å²) in [6.07, 6.45) is 4.39. The standard InChI is InChI=1S/C19H22N2O2S/c22-18(12-15-11-16-3-1-2-4-17(16)20-13-15)21-7-10-24-19(14-21)5-8-23-9-6-19/h1-4,11,13H,5-10,12,14H2. The molecule has 4 rings (SSSR count). The number of rotatable bonds is 2. The summed E-state index contributed by atoms with van der Waals surface area (Å²) in [5.74, 6) is 1.25. The number of hydrogen-bond donors (Lipinski definition) is 0. The lowest BCUT2D eigenvalue weighted by Gasteiger charge is -2.44. The number of hydrogen-bond acceptors (Lipinski definition) is 4. The van der Waals surface area contributed by atoms with Crippen LogP contribution in [-0.4, -0.2) is 52.6 Å². The first-order chi connectivity index (χ1) is 11.7. The normalized spacial score (nSPS) is 20.4. The van der Waals surface area contributed by atoms with Crippen LogP contribution in [0.2, 0.25) is 0 Å². The van der Waals surface area contributed by atoms with E-state index < -0.39 is 0 Å². The number of benzene rings is 1. The second kappa shape index (κ2) is 6.73. The second-order valence-electron chi connectivity index (χ2n) is 6.67. The summed E-state index contributed by atoms with van der Waals surface area (Å²) >= 11 is 2.03. The quantitative estimate of drug-likeness (QED) is 0.842. The first kappa shape index (κ1) is 15.9. The number of aromatic nitrogens is 1. The number of carbonyl (C=O) groups is 1. The molecule has 0 aliphatic carbocycles. The highest BCUT2D eigenvalue weighted by Gasteiger charge is 2.39. The van der Waals surface area contributed by atoms with E-state index in [0.29, 0.717) is 6.42 Å². The molecule has 1 aromatic carbocycles. The predicted molar refractivity (Wildman–Crippen MR) is 97.3 cm³/mol. The van der Waals surface area contributed by atoms with Gasteiger partial charge < -0.3 is 9.64 Å². The van der Waals surface area contributed by atoms with Gasteiger partial charge in [0.25, 0.3) is 0 Å². The van der Waals surface area contributed by atoms with Crippen molar-refractivity contribution in [2.24, 2.45) is 0 Å². The van der Waals surface area contributed by atoms with Crippen LogP contribution in [0.25, 0.3) is 10.9 Å². The van der Waals surface area contributed by atoms with Crippen LogP contribution >= 0.6 is 11.8 Å². The first-order valence-corrected chi connectivity index (χ1v) is 9.56. The van der Waals surface area contributed by atoms with Crippen LogP contribution < -0.4 is 0 Å². The molecule has 1 aromatic heterocycles. The summed E-state index contributed by atoms with van der Waals surface area (Å²) in [6.45, 7) is 3.36. The molecule has 0 saturated carbocycles. The maximum absolute atomic E-state index is 12.8. The molecule has 2 saturated heterocycles. The SMILES string of the molecule is O=C(Cc1cnc2ccccc2c1)N1CCSC2(CCOCC2)C1. The zero-order valence-electron chi connectivity index (χ0n) is 13.7. The van der Waals surface area contributed by atoms with Gasteiger partial charge >= 0.3 is 0 Å². The molecule has 0 atom stereocenters. The van der Waals surface area contributed by atoms with Crippen LogP contribution in [0, 0.1) is 0 Å². The molecule has 2 aliphatic heterocycles. The number of nitrogens with zero attached hydrogens (tertiary/aromatic N) is 2. The van der Waals surface area contributed by atoms with Crippen LogP contribution in [0.5, 0.6) is 0 Å². The molecular formula is C19H22N2O2S. The Bertz CT molecular complexity index is 737. The lowest BCUT2D eigenvalue weighted by molar-refractivity contribution is -0.131. The average Bonchev–Trinajstić information content (AvgIpc) is 2.62. The van der Waals surface area contributed by atoms with E-state index in [1.165, 1.54) is 0 Å². The summed E-state index contributed by atoms with van der Waals surface area (Å²) in [4.78, 5) is 19.3. The highest BCUT2D eigenvalue weighted by molar-refractivity contribution is 8.00. The van der Waals surface area contributed by atoms with Crippen LogP contribution in [0.4, 0.5) is 0 Å². The third-order valence-corrected chi connectivity index (χ3v) is 6.54. The Morgan fingerprint density at radius 2 is 2.12 bits per heavy atom. The summed E-state index contributed by atoms with van der Waals surface area (Å²) in [7, 11) is 0. The molecule has 0 radical (unpaired) electrons. The monoisotopic (exact) mass is 342 g/mol. The van der Waals surface area contributed by atoms with Gasteiger partial charge in [-0.25, -0.2) is 0 Å². The molecule has 1 amide bonds. The van der Waals surface area contributed by atoms with E-state index in [4.69, 9.17) is 4.74 Å². The Kier molecular flexibility index (Phi) is 4.46. The van der Waals surface area contributed by atoms with Crippen molar-refractivity contribution in [2.75, 3.05) is 32.1 Å². The molecule has 0 N–H and O–H groups in total. The Morgan fingerprint density at radius 3 is 3.00 bits per heavy atom. The summed E-state index contributed by atoms with van der Waals surface area (Å²) in [5, 5.41) is 1.10. The average molecular weight is 342 g/mol. The minimum absolute atomic E-state index is 0.216. The molecule has 24 heavy (non-hydrogen) atoms. The fraction of sp³-hybridized carbons (Fsp3) is 0.474. The summed E-state index contributed by atoms with van der Waals surface area (Å²) < 4.78 is 5.72. The van der Waals surface area contributed by atoms with Gasteiger partial charge in [-0.15, -0.1) is 0 Å². The molecule has 5 heteroatoms. The van der Waals surface area contributed by atoms with Gasteiger partial charge in [0.15, 0.2) is 0 Å². The van der Waals surface area contributed by atoms with Crippen molar-refractivity contribution in [3.8, 4) is 0 Å². The number of fused-ring (bicyclic) bond motifs is 1. The third kappa shape index (κ3) is 3.28. The molecule has 0 bridgehead atoms. The van der Waals surface area contributed by atoms with Crippen LogP contribution in [0.3, 0.4) is 0 Å². The molecule has 1 spiro atoms. The fourth-order valence-corrected chi connectivity index (χ4v) is 5.05. The smallest absolute Gasteiger partial charge is 0.227 e. The van der Waals surface area contributed by atoms with Crippen LogP contribution in [0.15, 0.2) is 36.5 Å². The molecule has 4 nitrogen and oxygen atoms in total. The Labute approximate surface area is 146 Å². The summed E-state index contributed by atoms with van der Waals surface area (Å²) in [5.41, 5.74) is 1.97. The van der Waals surface area contributed by atoms with E-state index in [-0.39, 0.29) is 10.7 Å². The first-order valence-electron chi connectivity index (χ1n) is 8.57. The predicted octanol–water partition coefficient (Wildman–Crippen LogP) is 2.90. The zero-order chi connectivity index (χ0) is 16.4. The summed E-state index contributed by atoms with van der Waals surface area (Å²) in [6, 6.07) is 10.1. The highest BCUT2D eigenvalue weighted by Crippen LogP contribution is 2.39. The van der Waals surface area contributed by atoms with E-state index in [1.807, 2.05) is 42.2 Å². The number of amides is 1. The van der Waals surface area contributed by atoms with E-state index in [1.54, 1.807) is 0 Å². The number of ether oxygens (including phenoxy) is 1. The van der Waals surface area contributed by atoms with Gasteiger partial charge in [-0.3, -0.25) is 9.78 Å². The van der Waals surface area contributed by atoms with E-state index in [2.05, 4.69) is 16.0 Å². The van der Waals surface area contributed by atoms with E-state index >= 15 is 0 Å². The molecular weight excluding hydrogens is 320 g/mol. The molecule has 126 valence electrons. The van der Waals surface area contributed by atoms with Crippen molar-refractivity contribution in [3.05, 3.63) is 42.1 Å². The van der Waals surface area contributed by atoms with Gasteiger partial charge in [0.1, 0.15) is 0 Å². The minimum Gasteiger partial charge on any atom is -0.381 e.